The van der Waals surface area contributed by atoms with Crippen molar-refractivity contribution in [3.05, 3.63) is 58.6 Å². The van der Waals surface area contributed by atoms with Gasteiger partial charge in [0.2, 0.25) is 5.91 Å². The van der Waals surface area contributed by atoms with Gasteiger partial charge in [-0.05, 0) is 49.6 Å². The third-order valence-electron chi connectivity index (χ3n) is 4.49. The molecule has 0 spiro atoms. The van der Waals surface area contributed by atoms with Crippen molar-refractivity contribution < 1.29 is 14.3 Å². The molecule has 2 amide bonds. The average molecular weight is 431 g/mol. The van der Waals surface area contributed by atoms with Crippen molar-refractivity contribution in [1.29, 1.82) is 0 Å². The number of halogens is 1. The lowest BCUT2D eigenvalue weighted by molar-refractivity contribution is -0.131. The van der Waals surface area contributed by atoms with Crippen LogP contribution in [0.3, 0.4) is 0 Å². The summed E-state index contributed by atoms with van der Waals surface area (Å²) in [5, 5.41) is 2.83. The van der Waals surface area contributed by atoms with E-state index in [1.54, 1.807) is 18.2 Å². The molecule has 0 saturated carbocycles. The summed E-state index contributed by atoms with van der Waals surface area (Å²) in [6.45, 7) is 1.98. The number of rotatable bonds is 6. The summed E-state index contributed by atoms with van der Waals surface area (Å²) < 4.78 is 6.77. The molecule has 27 heavy (non-hydrogen) atoms. The molecule has 142 valence electrons. The summed E-state index contributed by atoms with van der Waals surface area (Å²) in [6, 6.07) is 14.5. The van der Waals surface area contributed by atoms with E-state index in [4.69, 9.17) is 4.74 Å². The van der Waals surface area contributed by atoms with Gasteiger partial charge in [0.05, 0.1) is 5.56 Å². The molecule has 0 aromatic heterocycles. The number of hydrogen-bond donors (Lipinski definition) is 1. The summed E-state index contributed by atoms with van der Waals surface area (Å²) in [5.41, 5.74) is 0.447. The van der Waals surface area contributed by atoms with Crippen LogP contribution < -0.4 is 10.1 Å². The Labute approximate surface area is 167 Å². The predicted octanol–water partition coefficient (Wildman–Crippen LogP) is 4.37. The van der Waals surface area contributed by atoms with E-state index in [0.29, 0.717) is 30.0 Å². The fraction of sp³-hybridized carbons (Fsp3) is 0.333. The van der Waals surface area contributed by atoms with E-state index in [9.17, 15) is 9.59 Å². The molecule has 1 fully saturated rings. The summed E-state index contributed by atoms with van der Waals surface area (Å²) in [5.74, 6) is 0.987. The first-order chi connectivity index (χ1) is 13.1. The van der Waals surface area contributed by atoms with E-state index in [1.807, 2.05) is 35.2 Å². The lowest BCUT2D eigenvalue weighted by Crippen LogP contribution is -2.37. The monoisotopic (exact) mass is 430 g/mol. The molecule has 1 N–H and O–H groups in total. The minimum absolute atomic E-state index is 0.105. The number of benzene rings is 2. The Morgan fingerprint density at radius 2 is 1.81 bits per heavy atom. The van der Waals surface area contributed by atoms with Crippen LogP contribution >= 0.6 is 15.9 Å². The van der Waals surface area contributed by atoms with Crippen LogP contribution in [0.5, 0.6) is 11.5 Å². The quantitative estimate of drug-likeness (QED) is 0.739. The first kappa shape index (κ1) is 19.4. The Balaban J connectivity index is 1.57. The zero-order chi connectivity index (χ0) is 19.1. The standard InChI is InChI=1S/C21H23BrN2O3/c22-16-7-6-8-17(15-16)27-19-10-3-2-9-18(19)21(26)23-12-11-20(25)24-13-4-1-5-14-24/h2-3,6-10,15H,1,4-5,11-14H2,(H,23,26). The van der Waals surface area contributed by atoms with Crippen LogP contribution in [-0.4, -0.2) is 36.3 Å². The normalized spacial score (nSPS) is 13.9. The van der Waals surface area contributed by atoms with Crippen LogP contribution in [0.15, 0.2) is 53.0 Å². The topological polar surface area (TPSA) is 58.6 Å². The minimum atomic E-state index is -0.243. The molecular formula is C21H23BrN2O3. The highest BCUT2D eigenvalue weighted by Gasteiger charge is 2.17. The van der Waals surface area contributed by atoms with Crippen LogP contribution in [0.1, 0.15) is 36.0 Å². The Bertz CT molecular complexity index is 804. The van der Waals surface area contributed by atoms with Gasteiger partial charge in [0.15, 0.2) is 0 Å². The molecule has 0 atom stereocenters. The van der Waals surface area contributed by atoms with Gasteiger partial charge < -0.3 is 15.0 Å². The second-order valence-electron chi connectivity index (χ2n) is 6.50. The zero-order valence-corrected chi connectivity index (χ0v) is 16.7. The van der Waals surface area contributed by atoms with Crippen molar-refractivity contribution in [2.45, 2.75) is 25.7 Å². The predicted molar refractivity (Wildman–Crippen MR) is 108 cm³/mol. The van der Waals surface area contributed by atoms with Crippen LogP contribution in [0.25, 0.3) is 0 Å². The van der Waals surface area contributed by atoms with Crippen molar-refractivity contribution in [2.24, 2.45) is 0 Å². The molecular weight excluding hydrogens is 408 g/mol. The van der Waals surface area contributed by atoms with Crippen molar-refractivity contribution in [2.75, 3.05) is 19.6 Å². The first-order valence-electron chi connectivity index (χ1n) is 9.22. The molecule has 6 heteroatoms. The second-order valence-corrected chi connectivity index (χ2v) is 7.42. The summed E-state index contributed by atoms with van der Waals surface area (Å²) in [6.07, 6.45) is 3.65. The molecule has 0 unspecified atom stereocenters. The third-order valence-corrected chi connectivity index (χ3v) is 4.98. The third kappa shape index (κ3) is 5.57. The maximum absolute atomic E-state index is 12.6. The molecule has 2 aromatic carbocycles. The van der Waals surface area contributed by atoms with Gasteiger partial charge in [-0.15, -0.1) is 0 Å². The molecule has 1 aliphatic rings. The van der Waals surface area contributed by atoms with E-state index < -0.39 is 0 Å². The first-order valence-corrected chi connectivity index (χ1v) is 10.0. The van der Waals surface area contributed by atoms with Gasteiger partial charge in [-0.3, -0.25) is 9.59 Å². The molecule has 0 radical (unpaired) electrons. The van der Waals surface area contributed by atoms with Crippen LogP contribution in [0.4, 0.5) is 0 Å². The maximum Gasteiger partial charge on any atom is 0.255 e. The fourth-order valence-electron chi connectivity index (χ4n) is 3.08. The van der Waals surface area contributed by atoms with Crippen molar-refractivity contribution in [1.82, 2.24) is 10.2 Å². The lowest BCUT2D eigenvalue weighted by Gasteiger charge is -2.26. The number of para-hydroxylation sites is 1. The number of amides is 2. The van der Waals surface area contributed by atoms with Crippen LogP contribution in [-0.2, 0) is 4.79 Å². The molecule has 2 aromatic rings. The van der Waals surface area contributed by atoms with Gasteiger partial charge in [0, 0.05) is 30.5 Å². The van der Waals surface area contributed by atoms with E-state index in [1.165, 1.54) is 6.42 Å². The fourth-order valence-corrected chi connectivity index (χ4v) is 3.46. The number of carbonyl (C=O) groups excluding carboxylic acids is 2. The Hall–Kier alpha value is -2.34. The number of piperidine rings is 1. The molecule has 3 rings (SSSR count). The summed E-state index contributed by atoms with van der Waals surface area (Å²) >= 11 is 3.41. The van der Waals surface area contributed by atoms with Crippen LogP contribution in [0, 0.1) is 0 Å². The molecule has 5 nitrogen and oxygen atoms in total. The van der Waals surface area contributed by atoms with Gasteiger partial charge in [-0.25, -0.2) is 0 Å². The van der Waals surface area contributed by atoms with Gasteiger partial charge >= 0.3 is 0 Å². The molecule has 1 saturated heterocycles. The van der Waals surface area contributed by atoms with Crippen LogP contribution in [0.2, 0.25) is 0 Å². The van der Waals surface area contributed by atoms with Gasteiger partial charge in [-0.1, -0.05) is 34.1 Å². The highest BCUT2D eigenvalue weighted by Crippen LogP contribution is 2.27. The number of likely N-dealkylation sites (tertiary alicyclic amines) is 1. The molecule has 1 heterocycles. The SMILES string of the molecule is O=C(NCCC(=O)N1CCCCC1)c1ccccc1Oc1cccc(Br)c1. The Morgan fingerprint density at radius 3 is 2.59 bits per heavy atom. The van der Waals surface area contributed by atoms with Gasteiger partial charge in [-0.2, -0.15) is 0 Å². The molecule has 0 bridgehead atoms. The number of hydrogen-bond acceptors (Lipinski definition) is 3. The smallest absolute Gasteiger partial charge is 0.255 e. The van der Waals surface area contributed by atoms with Crippen molar-refractivity contribution >= 4 is 27.7 Å². The van der Waals surface area contributed by atoms with E-state index in [-0.39, 0.29) is 11.8 Å². The Kier molecular flexibility index (Phi) is 6.87. The van der Waals surface area contributed by atoms with E-state index >= 15 is 0 Å². The average Bonchev–Trinajstić information content (AvgIpc) is 2.69. The minimum Gasteiger partial charge on any atom is -0.456 e. The number of carbonyl (C=O) groups is 2. The van der Waals surface area contributed by atoms with E-state index in [2.05, 4.69) is 21.2 Å². The maximum atomic E-state index is 12.6. The molecule has 1 aliphatic heterocycles. The van der Waals surface area contributed by atoms with E-state index in [0.717, 1.165) is 30.4 Å². The second kappa shape index (κ2) is 9.55. The lowest BCUT2D eigenvalue weighted by atomic mass is 10.1. The number of nitrogens with one attached hydrogen (secondary N) is 1. The van der Waals surface area contributed by atoms with Gasteiger partial charge in [0.1, 0.15) is 11.5 Å². The highest BCUT2D eigenvalue weighted by molar-refractivity contribution is 9.10. The number of nitrogens with zero attached hydrogens (tertiary/aromatic N) is 1. The summed E-state index contributed by atoms with van der Waals surface area (Å²) in [4.78, 5) is 26.6. The largest absolute Gasteiger partial charge is 0.456 e. The number of ether oxygens (including phenoxy) is 1. The molecule has 0 aliphatic carbocycles. The van der Waals surface area contributed by atoms with Crippen molar-refractivity contribution in [3.8, 4) is 11.5 Å². The highest BCUT2D eigenvalue weighted by atomic mass is 79.9. The Morgan fingerprint density at radius 1 is 1.04 bits per heavy atom. The van der Waals surface area contributed by atoms with Crippen molar-refractivity contribution in [3.63, 3.8) is 0 Å². The van der Waals surface area contributed by atoms with Gasteiger partial charge in [0.25, 0.3) is 5.91 Å². The zero-order valence-electron chi connectivity index (χ0n) is 15.1. The summed E-state index contributed by atoms with van der Waals surface area (Å²) in [7, 11) is 0.